The van der Waals surface area contributed by atoms with E-state index in [9.17, 15) is 9.59 Å². The van der Waals surface area contributed by atoms with Gasteiger partial charge in [0.15, 0.2) is 0 Å². The highest BCUT2D eigenvalue weighted by Crippen LogP contribution is 2.27. The Kier molecular flexibility index (Phi) is 4.88. The van der Waals surface area contributed by atoms with Crippen LogP contribution in [0.15, 0.2) is 12.1 Å². The van der Waals surface area contributed by atoms with Crippen molar-refractivity contribution in [3.05, 3.63) is 21.3 Å². The largest absolute Gasteiger partial charge is 0.481 e. The second-order valence-corrected chi connectivity index (χ2v) is 6.68. The summed E-state index contributed by atoms with van der Waals surface area (Å²) in [5, 5.41) is 11.9. The van der Waals surface area contributed by atoms with Gasteiger partial charge in [-0.15, -0.1) is 11.3 Å². The maximum Gasteiger partial charge on any atom is 0.317 e. The molecule has 110 valence electrons. The second-order valence-electron chi connectivity index (χ2n) is 4.94. The number of carboxylic acid groups (broad SMARTS) is 1. The third-order valence-corrected chi connectivity index (χ3v) is 4.83. The molecule has 1 aromatic heterocycles. The van der Waals surface area contributed by atoms with Gasteiger partial charge in [0.2, 0.25) is 0 Å². The van der Waals surface area contributed by atoms with Gasteiger partial charge in [-0.3, -0.25) is 4.79 Å². The molecule has 1 saturated heterocycles. The van der Waals surface area contributed by atoms with E-state index in [1.165, 1.54) is 11.3 Å². The Balaban J connectivity index is 1.92. The van der Waals surface area contributed by atoms with E-state index in [4.69, 9.17) is 16.7 Å². The first kappa shape index (κ1) is 15.1. The Hall–Kier alpha value is -1.27. The van der Waals surface area contributed by atoms with Crippen molar-refractivity contribution in [2.24, 2.45) is 5.92 Å². The summed E-state index contributed by atoms with van der Waals surface area (Å²) < 4.78 is 0.685. The molecule has 0 aliphatic carbocycles. The maximum absolute atomic E-state index is 12.2. The van der Waals surface area contributed by atoms with Crippen molar-refractivity contribution >= 4 is 34.9 Å². The summed E-state index contributed by atoms with van der Waals surface area (Å²) in [6, 6.07) is 3.33. The number of hydrogen-bond donors (Lipinski definition) is 2. The molecule has 1 fully saturated rings. The molecule has 0 radical (unpaired) electrons. The van der Waals surface area contributed by atoms with Crippen molar-refractivity contribution in [2.45, 2.75) is 25.8 Å². The monoisotopic (exact) mass is 316 g/mol. The molecule has 0 aromatic carbocycles. The Morgan fingerprint density at radius 3 is 2.90 bits per heavy atom. The van der Waals surface area contributed by atoms with Gasteiger partial charge in [-0.05, 0) is 31.9 Å². The number of halogens is 1. The molecule has 1 unspecified atom stereocenters. The van der Waals surface area contributed by atoms with Crippen LogP contribution >= 0.6 is 22.9 Å². The minimum Gasteiger partial charge on any atom is -0.481 e. The fraction of sp³-hybridized carbons (Fsp3) is 0.538. The zero-order valence-corrected chi connectivity index (χ0v) is 12.7. The molecule has 0 bridgehead atoms. The number of rotatable bonds is 3. The van der Waals surface area contributed by atoms with E-state index in [1.807, 2.05) is 13.0 Å². The number of urea groups is 1. The van der Waals surface area contributed by atoms with Crippen molar-refractivity contribution < 1.29 is 14.7 Å². The highest BCUT2D eigenvalue weighted by molar-refractivity contribution is 7.16. The van der Waals surface area contributed by atoms with Gasteiger partial charge >= 0.3 is 12.0 Å². The predicted octanol–water partition coefficient (Wildman–Crippen LogP) is 2.97. The van der Waals surface area contributed by atoms with Crippen LogP contribution in [0.4, 0.5) is 4.79 Å². The first-order valence-corrected chi connectivity index (χ1v) is 7.70. The molecule has 0 spiro atoms. The standard InChI is InChI=1S/C13H17ClN2O3S/c1-8(10-4-5-11(14)20-10)15-13(19)16-6-2-3-9(7-16)12(17)18/h4-5,8-9H,2-3,6-7H2,1H3,(H,15,19)(H,17,18)/t8?,9-/m1/s1. The van der Waals surface area contributed by atoms with Crippen LogP contribution < -0.4 is 5.32 Å². The summed E-state index contributed by atoms with van der Waals surface area (Å²) in [6.07, 6.45) is 1.36. The molecular formula is C13H17ClN2O3S. The molecule has 2 N–H and O–H groups in total. The van der Waals surface area contributed by atoms with Crippen LogP contribution in [0.1, 0.15) is 30.7 Å². The number of aliphatic carboxylic acids is 1. The summed E-state index contributed by atoms with van der Waals surface area (Å²) in [7, 11) is 0. The Morgan fingerprint density at radius 1 is 1.55 bits per heavy atom. The average Bonchev–Trinajstić information content (AvgIpc) is 2.85. The van der Waals surface area contributed by atoms with Crippen molar-refractivity contribution in [2.75, 3.05) is 13.1 Å². The number of thiophene rings is 1. The van der Waals surface area contributed by atoms with Gasteiger partial charge in [0.05, 0.1) is 16.3 Å². The lowest BCUT2D eigenvalue weighted by Gasteiger charge is -2.31. The lowest BCUT2D eigenvalue weighted by Crippen LogP contribution is -2.47. The Bertz CT molecular complexity index is 506. The Morgan fingerprint density at radius 2 is 2.30 bits per heavy atom. The van der Waals surface area contributed by atoms with E-state index >= 15 is 0 Å². The topological polar surface area (TPSA) is 69.6 Å². The molecule has 2 amide bonds. The van der Waals surface area contributed by atoms with Gasteiger partial charge in [0.25, 0.3) is 0 Å². The number of carbonyl (C=O) groups is 2. The van der Waals surface area contributed by atoms with Crippen LogP contribution in [0.2, 0.25) is 4.34 Å². The van der Waals surface area contributed by atoms with E-state index in [2.05, 4.69) is 5.32 Å². The summed E-state index contributed by atoms with van der Waals surface area (Å²) in [4.78, 5) is 25.7. The molecular weight excluding hydrogens is 300 g/mol. The quantitative estimate of drug-likeness (QED) is 0.900. The molecule has 1 aliphatic rings. The number of amides is 2. The number of likely N-dealkylation sites (tertiary alicyclic amines) is 1. The highest BCUT2D eigenvalue weighted by Gasteiger charge is 2.28. The fourth-order valence-corrected chi connectivity index (χ4v) is 3.34. The molecule has 7 heteroatoms. The van der Waals surface area contributed by atoms with Gasteiger partial charge in [0, 0.05) is 18.0 Å². The van der Waals surface area contributed by atoms with Crippen LogP contribution in [0.25, 0.3) is 0 Å². The number of nitrogens with zero attached hydrogens (tertiary/aromatic N) is 1. The van der Waals surface area contributed by atoms with Crippen LogP contribution in [-0.2, 0) is 4.79 Å². The molecule has 1 aliphatic heterocycles. The minimum atomic E-state index is -0.833. The second kappa shape index (κ2) is 6.45. The average molecular weight is 317 g/mol. The fourth-order valence-electron chi connectivity index (χ4n) is 2.27. The van der Waals surface area contributed by atoms with Crippen LogP contribution in [0.3, 0.4) is 0 Å². The van der Waals surface area contributed by atoms with Crippen LogP contribution in [-0.4, -0.2) is 35.1 Å². The summed E-state index contributed by atoms with van der Waals surface area (Å²) in [6.45, 7) is 2.77. The van der Waals surface area contributed by atoms with Crippen LogP contribution in [0.5, 0.6) is 0 Å². The Labute approximate surface area is 126 Å². The van der Waals surface area contributed by atoms with Crippen molar-refractivity contribution in [3.63, 3.8) is 0 Å². The molecule has 2 heterocycles. The number of carbonyl (C=O) groups excluding carboxylic acids is 1. The molecule has 0 saturated carbocycles. The summed E-state index contributed by atoms with van der Waals surface area (Å²) in [5.74, 6) is -1.29. The third-order valence-electron chi connectivity index (χ3n) is 3.42. The van der Waals surface area contributed by atoms with Crippen molar-refractivity contribution in [3.8, 4) is 0 Å². The SMILES string of the molecule is CC(NC(=O)N1CCC[C@@H](C(=O)O)C1)c1ccc(Cl)s1. The van der Waals surface area contributed by atoms with E-state index in [1.54, 1.807) is 11.0 Å². The van der Waals surface area contributed by atoms with Gasteiger partial charge in [-0.2, -0.15) is 0 Å². The van der Waals surface area contributed by atoms with Crippen molar-refractivity contribution in [1.82, 2.24) is 10.2 Å². The number of nitrogens with one attached hydrogen (secondary N) is 1. The van der Waals surface area contributed by atoms with Gasteiger partial charge < -0.3 is 15.3 Å². The summed E-state index contributed by atoms with van der Waals surface area (Å²) in [5.41, 5.74) is 0. The van der Waals surface area contributed by atoms with Gasteiger partial charge in [-0.25, -0.2) is 4.79 Å². The zero-order valence-electron chi connectivity index (χ0n) is 11.1. The maximum atomic E-state index is 12.2. The van der Waals surface area contributed by atoms with E-state index in [0.29, 0.717) is 17.3 Å². The smallest absolute Gasteiger partial charge is 0.317 e. The normalized spacial score (nSPS) is 20.5. The first-order valence-electron chi connectivity index (χ1n) is 6.51. The summed E-state index contributed by atoms with van der Waals surface area (Å²) >= 11 is 7.30. The van der Waals surface area contributed by atoms with E-state index in [0.717, 1.165) is 11.3 Å². The zero-order chi connectivity index (χ0) is 14.7. The molecule has 2 rings (SSSR count). The lowest BCUT2D eigenvalue weighted by molar-refractivity contribution is -0.143. The lowest BCUT2D eigenvalue weighted by atomic mass is 9.99. The molecule has 5 nitrogen and oxygen atoms in total. The highest BCUT2D eigenvalue weighted by atomic mass is 35.5. The first-order chi connectivity index (χ1) is 9.47. The van der Waals surface area contributed by atoms with E-state index in [-0.39, 0.29) is 18.6 Å². The number of piperidine rings is 1. The van der Waals surface area contributed by atoms with Crippen molar-refractivity contribution in [1.29, 1.82) is 0 Å². The minimum absolute atomic E-state index is 0.134. The van der Waals surface area contributed by atoms with E-state index < -0.39 is 11.9 Å². The number of carboxylic acids is 1. The third kappa shape index (κ3) is 3.64. The molecule has 20 heavy (non-hydrogen) atoms. The molecule has 2 atom stereocenters. The van der Waals surface area contributed by atoms with Gasteiger partial charge in [0.1, 0.15) is 0 Å². The van der Waals surface area contributed by atoms with Gasteiger partial charge in [-0.1, -0.05) is 11.6 Å². The number of hydrogen-bond acceptors (Lipinski definition) is 3. The molecule has 1 aromatic rings. The predicted molar refractivity (Wildman–Crippen MR) is 78.2 cm³/mol. The van der Waals surface area contributed by atoms with Crippen LogP contribution in [0, 0.1) is 5.92 Å².